The summed E-state index contributed by atoms with van der Waals surface area (Å²) in [5.74, 6) is -0.701. The van der Waals surface area contributed by atoms with E-state index in [1.807, 2.05) is 0 Å². The lowest BCUT2D eigenvalue weighted by Gasteiger charge is -2.67. The fraction of sp³-hybridized carbons (Fsp3) is 0.765. The Balaban J connectivity index is 2.06. The number of methoxy groups -OCH3 is 1. The van der Waals surface area contributed by atoms with E-state index < -0.39 is 17.0 Å². The molecule has 4 aliphatic carbocycles. The van der Waals surface area contributed by atoms with Gasteiger partial charge in [-0.25, -0.2) is 4.79 Å². The summed E-state index contributed by atoms with van der Waals surface area (Å²) in [7, 11) is 1.40. The molecule has 0 aliphatic heterocycles. The minimum atomic E-state index is -0.689. The normalized spacial score (nSPS) is 45.4. The van der Waals surface area contributed by atoms with Crippen LogP contribution in [-0.2, 0) is 19.1 Å². The zero-order valence-electron chi connectivity index (χ0n) is 13.3. The molecule has 0 aromatic heterocycles. The summed E-state index contributed by atoms with van der Waals surface area (Å²) in [5.41, 5.74) is -1.82. The first kappa shape index (κ1) is 15.5. The molecule has 0 saturated heterocycles. The quantitative estimate of drug-likeness (QED) is 0.635. The van der Waals surface area contributed by atoms with E-state index in [0.717, 1.165) is 25.3 Å². The molecule has 0 aromatic rings. The van der Waals surface area contributed by atoms with E-state index in [1.54, 1.807) is 0 Å². The maximum atomic E-state index is 12.5. The standard InChI is InChI=1S/C17H24O5/c1-4-12(19)22-17-7-14(2)5-15(9-17,11-18)8-16(6-14,10-17)13(20)21-3/h4,18H,1,5-11H2,2-3H3. The fourth-order valence-electron chi connectivity index (χ4n) is 6.23. The Kier molecular flexibility index (Phi) is 3.23. The van der Waals surface area contributed by atoms with Crippen molar-refractivity contribution in [2.75, 3.05) is 13.7 Å². The van der Waals surface area contributed by atoms with Gasteiger partial charge in [0.25, 0.3) is 0 Å². The van der Waals surface area contributed by atoms with Gasteiger partial charge >= 0.3 is 11.9 Å². The first-order valence-electron chi connectivity index (χ1n) is 7.79. The van der Waals surface area contributed by atoms with E-state index >= 15 is 0 Å². The molecule has 4 saturated carbocycles. The molecule has 0 amide bonds. The van der Waals surface area contributed by atoms with Gasteiger partial charge in [-0.3, -0.25) is 4.79 Å². The summed E-state index contributed by atoms with van der Waals surface area (Å²) in [6.45, 7) is 5.60. The number of hydrogen-bond donors (Lipinski definition) is 1. The molecule has 122 valence electrons. The van der Waals surface area contributed by atoms with Gasteiger partial charge in [-0.15, -0.1) is 0 Å². The number of hydrogen-bond acceptors (Lipinski definition) is 5. The highest BCUT2D eigenvalue weighted by atomic mass is 16.6. The van der Waals surface area contributed by atoms with Gasteiger partial charge in [-0.2, -0.15) is 0 Å². The first-order chi connectivity index (χ1) is 10.2. The van der Waals surface area contributed by atoms with Crippen LogP contribution < -0.4 is 0 Å². The third-order valence-electron chi connectivity index (χ3n) is 5.82. The zero-order valence-corrected chi connectivity index (χ0v) is 13.3. The summed E-state index contributed by atoms with van der Waals surface area (Å²) in [6, 6.07) is 0. The van der Waals surface area contributed by atoms with Crippen molar-refractivity contribution >= 4 is 11.9 Å². The average molecular weight is 308 g/mol. The van der Waals surface area contributed by atoms with Crippen molar-refractivity contribution in [2.45, 2.75) is 51.0 Å². The molecular formula is C17H24O5. The van der Waals surface area contributed by atoms with Crippen molar-refractivity contribution in [1.82, 2.24) is 0 Å². The van der Waals surface area contributed by atoms with E-state index in [2.05, 4.69) is 13.5 Å². The highest BCUT2D eigenvalue weighted by Gasteiger charge is 2.70. The topological polar surface area (TPSA) is 72.8 Å². The number of ether oxygens (including phenoxy) is 2. The van der Waals surface area contributed by atoms with Crippen LogP contribution in [0.15, 0.2) is 12.7 Å². The van der Waals surface area contributed by atoms with Gasteiger partial charge in [0.2, 0.25) is 0 Å². The number of aliphatic hydroxyl groups excluding tert-OH is 1. The monoisotopic (exact) mass is 308 g/mol. The van der Waals surface area contributed by atoms with Gasteiger partial charge in [0.05, 0.1) is 12.5 Å². The van der Waals surface area contributed by atoms with Gasteiger partial charge in [0.1, 0.15) is 5.60 Å². The predicted molar refractivity (Wildman–Crippen MR) is 78.8 cm³/mol. The number of esters is 2. The number of rotatable bonds is 4. The van der Waals surface area contributed by atoms with Gasteiger partial charge in [0, 0.05) is 19.1 Å². The third kappa shape index (κ3) is 2.09. The molecule has 4 unspecified atom stereocenters. The van der Waals surface area contributed by atoms with Crippen LogP contribution in [0.5, 0.6) is 0 Å². The van der Waals surface area contributed by atoms with Crippen LogP contribution in [0.3, 0.4) is 0 Å². The van der Waals surface area contributed by atoms with Crippen LogP contribution >= 0.6 is 0 Å². The van der Waals surface area contributed by atoms with E-state index in [4.69, 9.17) is 9.47 Å². The SMILES string of the molecule is C=CC(=O)OC12CC3(C)CC(CO)(C1)CC(C(=O)OC)(C3)C2. The van der Waals surface area contributed by atoms with E-state index in [9.17, 15) is 14.7 Å². The molecule has 5 nitrogen and oxygen atoms in total. The Morgan fingerprint density at radius 1 is 1.18 bits per heavy atom. The number of aliphatic hydroxyl groups is 1. The highest BCUT2D eigenvalue weighted by molar-refractivity contribution is 5.82. The van der Waals surface area contributed by atoms with Crippen molar-refractivity contribution in [3.63, 3.8) is 0 Å². The molecule has 22 heavy (non-hydrogen) atoms. The smallest absolute Gasteiger partial charge is 0.330 e. The van der Waals surface area contributed by atoms with Gasteiger partial charge in [0.15, 0.2) is 0 Å². The summed E-state index contributed by atoms with van der Waals surface area (Å²) in [5, 5.41) is 10.0. The number of carbonyl (C=O) groups excluding carboxylic acids is 2. The van der Waals surface area contributed by atoms with Crippen LogP contribution in [-0.4, -0.2) is 36.4 Å². The summed E-state index contributed by atoms with van der Waals surface area (Å²) < 4.78 is 10.8. The second kappa shape index (κ2) is 4.57. The molecule has 4 atom stereocenters. The molecule has 0 spiro atoms. The maximum absolute atomic E-state index is 12.5. The highest BCUT2D eigenvalue weighted by Crippen LogP contribution is 2.71. The lowest BCUT2D eigenvalue weighted by molar-refractivity contribution is -0.251. The molecule has 0 heterocycles. The molecule has 4 fully saturated rings. The summed E-state index contributed by atoms with van der Waals surface area (Å²) in [4.78, 5) is 24.3. The largest absolute Gasteiger partial charge is 0.469 e. The lowest BCUT2D eigenvalue weighted by atomic mass is 9.38. The van der Waals surface area contributed by atoms with Crippen LogP contribution in [0.2, 0.25) is 0 Å². The van der Waals surface area contributed by atoms with Crippen molar-refractivity contribution in [1.29, 1.82) is 0 Å². The maximum Gasteiger partial charge on any atom is 0.330 e. The van der Waals surface area contributed by atoms with E-state index in [-0.39, 0.29) is 23.4 Å². The molecule has 4 aliphatic rings. The summed E-state index contributed by atoms with van der Waals surface area (Å²) in [6.07, 6.45) is 5.22. The Hall–Kier alpha value is -1.36. The van der Waals surface area contributed by atoms with Crippen LogP contribution in [0.25, 0.3) is 0 Å². The average Bonchev–Trinajstić information content (AvgIpc) is 2.43. The third-order valence-corrected chi connectivity index (χ3v) is 5.82. The summed E-state index contributed by atoms with van der Waals surface area (Å²) >= 11 is 0. The van der Waals surface area contributed by atoms with Gasteiger partial charge in [-0.05, 0) is 42.9 Å². The Labute approximate surface area is 130 Å². The Morgan fingerprint density at radius 3 is 2.50 bits per heavy atom. The number of carbonyl (C=O) groups is 2. The lowest BCUT2D eigenvalue weighted by Crippen LogP contribution is -2.67. The van der Waals surface area contributed by atoms with Gasteiger partial charge < -0.3 is 14.6 Å². The molecule has 0 radical (unpaired) electrons. The van der Waals surface area contributed by atoms with Gasteiger partial charge in [-0.1, -0.05) is 13.5 Å². The van der Waals surface area contributed by atoms with Crippen molar-refractivity contribution in [2.24, 2.45) is 16.2 Å². The minimum absolute atomic E-state index is 0.00865. The molecule has 5 heteroatoms. The first-order valence-corrected chi connectivity index (χ1v) is 7.79. The fourth-order valence-corrected chi connectivity index (χ4v) is 6.23. The molecule has 4 rings (SSSR count). The molecule has 1 N–H and O–H groups in total. The van der Waals surface area contributed by atoms with E-state index in [0.29, 0.717) is 19.3 Å². The zero-order chi connectivity index (χ0) is 16.2. The van der Waals surface area contributed by atoms with Crippen LogP contribution in [0.4, 0.5) is 0 Å². The van der Waals surface area contributed by atoms with E-state index in [1.165, 1.54) is 7.11 Å². The Bertz CT molecular complexity index is 543. The van der Waals surface area contributed by atoms with Crippen LogP contribution in [0.1, 0.15) is 45.4 Å². The van der Waals surface area contributed by atoms with Crippen LogP contribution in [0, 0.1) is 16.2 Å². The molecule has 4 bridgehead atoms. The molecule has 0 aromatic carbocycles. The second-order valence-electron chi connectivity index (χ2n) is 8.11. The Morgan fingerprint density at radius 2 is 1.91 bits per heavy atom. The molecular weight excluding hydrogens is 284 g/mol. The second-order valence-corrected chi connectivity index (χ2v) is 8.11. The predicted octanol–water partition coefficient (Wildman–Crippen LogP) is 1.98. The minimum Gasteiger partial charge on any atom is -0.469 e. The van der Waals surface area contributed by atoms with Crippen molar-refractivity contribution in [3.8, 4) is 0 Å². The van der Waals surface area contributed by atoms with Crippen molar-refractivity contribution < 1.29 is 24.2 Å². The van der Waals surface area contributed by atoms with Crippen molar-refractivity contribution in [3.05, 3.63) is 12.7 Å².